The first kappa shape index (κ1) is 22.3. The van der Waals surface area contributed by atoms with Crippen molar-refractivity contribution in [1.82, 2.24) is 0 Å². The van der Waals surface area contributed by atoms with Crippen LogP contribution in [-0.4, -0.2) is 38.7 Å². The Morgan fingerprint density at radius 3 is 2.38 bits per heavy atom. The lowest BCUT2D eigenvalue weighted by Crippen LogP contribution is -2.23. The third-order valence-corrected chi connectivity index (χ3v) is 4.27. The van der Waals surface area contributed by atoms with Gasteiger partial charge in [0.15, 0.2) is 17.6 Å². The SMILES string of the molecule is CCOc1c(Cl)cc(/C=C/C(=O)O[C@@H](C)C(=O)c2ccc(OC)cc2)cc1OC. The Bertz CT molecular complexity index is 889. The van der Waals surface area contributed by atoms with Crippen LogP contribution >= 0.6 is 11.6 Å². The summed E-state index contributed by atoms with van der Waals surface area (Å²) >= 11 is 6.21. The van der Waals surface area contributed by atoms with E-state index >= 15 is 0 Å². The van der Waals surface area contributed by atoms with Crippen molar-refractivity contribution >= 4 is 29.4 Å². The predicted octanol–water partition coefficient (Wildman–Crippen LogP) is 4.58. The number of ketones is 1. The summed E-state index contributed by atoms with van der Waals surface area (Å²) in [6.07, 6.45) is 1.82. The maximum atomic E-state index is 12.4. The Hall–Kier alpha value is -2.99. The highest BCUT2D eigenvalue weighted by Gasteiger charge is 2.18. The van der Waals surface area contributed by atoms with E-state index < -0.39 is 12.1 Å². The lowest BCUT2D eigenvalue weighted by atomic mass is 10.1. The van der Waals surface area contributed by atoms with Gasteiger partial charge in [-0.15, -0.1) is 0 Å². The summed E-state index contributed by atoms with van der Waals surface area (Å²) < 4.78 is 21.0. The normalized spacial score (nSPS) is 11.8. The van der Waals surface area contributed by atoms with E-state index in [0.717, 1.165) is 0 Å². The molecule has 0 aliphatic heterocycles. The molecule has 0 amide bonds. The van der Waals surface area contributed by atoms with Crippen LogP contribution in [0.5, 0.6) is 17.2 Å². The Morgan fingerprint density at radius 1 is 1.10 bits per heavy atom. The second-order valence-electron chi connectivity index (χ2n) is 5.97. The van der Waals surface area contributed by atoms with Crippen LogP contribution in [0.4, 0.5) is 0 Å². The summed E-state index contributed by atoms with van der Waals surface area (Å²) in [6.45, 7) is 3.81. The number of halogens is 1. The third kappa shape index (κ3) is 5.99. The number of hydrogen-bond donors (Lipinski definition) is 0. The molecule has 0 saturated carbocycles. The van der Waals surface area contributed by atoms with Gasteiger partial charge < -0.3 is 18.9 Å². The number of esters is 1. The van der Waals surface area contributed by atoms with Crippen LogP contribution in [0.1, 0.15) is 29.8 Å². The van der Waals surface area contributed by atoms with E-state index in [2.05, 4.69) is 0 Å². The fourth-order valence-electron chi connectivity index (χ4n) is 2.54. The van der Waals surface area contributed by atoms with Crippen LogP contribution in [0.25, 0.3) is 6.08 Å². The van der Waals surface area contributed by atoms with Crippen molar-refractivity contribution in [1.29, 1.82) is 0 Å². The molecule has 0 N–H and O–H groups in total. The van der Waals surface area contributed by atoms with Crippen LogP contribution < -0.4 is 14.2 Å². The Labute approximate surface area is 175 Å². The van der Waals surface area contributed by atoms with Crippen molar-refractivity contribution in [2.24, 2.45) is 0 Å². The quantitative estimate of drug-likeness (QED) is 0.337. The second kappa shape index (κ2) is 10.5. The van der Waals surface area contributed by atoms with Crippen molar-refractivity contribution in [3.63, 3.8) is 0 Å². The van der Waals surface area contributed by atoms with Crippen molar-refractivity contribution in [2.75, 3.05) is 20.8 Å². The first-order chi connectivity index (χ1) is 13.9. The molecule has 0 aliphatic carbocycles. The van der Waals surface area contributed by atoms with Gasteiger partial charge in [-0.2, -0.15) is 0 Å². The van der Waals surface area contributed by atoms with E-state index in [0.29, 0.717) is 40.0 Å². The standard InChI is InChI=1S/C22H23ClO6/c1-5-28-22-18(23)12-15(13-19(22)27-4)6-11-20(24)29-14(2)21(25)16-7-9-17(26-3)10-8-16/h6-14H,5H2,1-4H3/b11-6+/t14-/m0/s1. The largest absolute Gasteiger partial charge is 0.497 e. The summed E-state index contributed by atoms with van der Waals surface area (Å²) in [4.78, 5) is 24.5. The minimum absolute atomic E-state index is 0.305. The zero-order chi connectivity index (χ0) is 21.4. The summed E-state index contributed by atoms with van der Waals surface area (Å²) in [5.74, 6) is 0.576. The van der Waals surface area contributed by atoms with Crippen LogP contribution in [0, 0.1) is 0 Å². The molecule has 1 atom stereocenters. The number of benzene rings is 2. The molecule has 154 valence electrons. The minimum Gasteiger partial charge on any atom is -0.497 e. The maximum Gasteiger partial charge on any atom is 0.331 e. The van der Waals surface area contributed by atoms with Gasteiger partial charge in [0.2, 0.25) is 5.78 Å². The molecule has 0 spiro atoms. The predicted molar refractivity (Wildman–Crippen MR) is 111 cm³/mol. The summed E-state index contributed by atoms with van der Waals surface area (Å²) in [7, 11) is 3.04. The number of ether oxygens (including phenoxy) is 4. The van der Waals surface area contributed by atoms with Gasteiger partial charge >= 0.3 is 5.97 Å². The summed E-state index contributed by atoms with van der Waals surface area (Å²) in [5.41, 5.74) is 1.06. The molecule has 2 aromatic carbocycles. The molecule has 0 unspecified atom stereocenters. The first-order valence-corrected chi connectivity index (χ1v) is 9.34. The van der Waals surface area contributed by atoms with Gasteiger partial charge in [-0.25, -0.2) is 4.79 Å². The molecular weight excluding hydrogens is 396 g/mol. The molecule has 0 aliphatic rings. The smallest absolute Gasteiger partial charge is 0.331 e. The van der Waals surface area contributed by atoms with E-state index in [4.69, 9.17) is 30.5 Å². The highest BCUT2D eigenvalue weighted by molar-refractivity contribution is 6.32. The van der Waals surface area contributed by atoms with Gasteiger partial charge in [-0.3, -0.25) is 4.79 Å². The average molecular weight is 419 g/mol. The summed E-state index contributed by atoms with van der Waals surface area (Å²) in [5, 5.41) is 0.363. The minimum atomic E-state index is -0.931. The zero-order valence-electron chi connectivity index (χ0n) is 16.7. The van der Waals surface area contributed by atoms with Crippen molar-refractivity contribution in [3.05, 3.63) is 58.6 Å². The van der Waals surface area contributed by atoms with Crippen molar-refractivity contribution in [2.45, 2.75) is 20.0 Å². The highest BCUT2D eigenvalue weighted by Crippen LogP contribution is 2.36. The molecule has 0 saturated heterocycles. The number of hydrogen-bond acceptors (Lipinski definition) is 6. The Kier molecular flexibility index (Phi) is 8.09. The lowest BCUT2D eigenvalue weighted by Gasteiger charge is -2.12. The van der Waals surface area contributed by atoms with Gasteiger partial charge in [-0.05, 0) is 61.9 Å². The van der Waals surface area contributed by atoms with Crippen molar-refractivity contribution in [3.8, 4) is 17.2 Å². The van der Waals surface area contributed by atoms with Gasteiger partial charge in [0.25, 0.3) is 0 Å². The molecule has 7 heteroatoms. The number of Topliss-reactive ketones (excluding diaryl/α,β-unsaturated/α-hetero) is 1. The van der Waals surface area contributed by atoms with E-state index in [1.54, 1.807) is 43.5 Å². The first-order valence-electron chi connectivity index (χ1n) is 8.96. The van der Waals surface area contributed by atoms with Gasteiger partial charge in [0.1, 0.15) is 5.75 Å². The van der Waals surface area contributed by atoms with Gasteiger partial charge in [0, 0.05) is 11.6 Å². The molecule has 29 heavy (non-hydrogen) atoms. The molecule has 0 heterocycles. The second-order valence-corrected chi connectivity index (χ2v) is 6.38. The Morgan fingerprint density at radius 2 is 1.79 bits per heavy atom. The van der Waals surface area contributed by atoms with Crippen molar-refractivity contribution < 1.29 is 28.5 Å². The lowest BCUT2D eigenvalue weighted by molar-refractivity contribution is -0.140. The number of rotatable bonds is 9. The van der Waals surface area contributed by atoms with Gasteiger partial charge in [-0.1, -0.05) is 11.6 Å². The number of methoxy groups -OCH3 is 2. The molecule has 6 nitrogen and oxygen atoms in total. The number of carbonyl (C=O) groups is 2. The molecule has 0 fully saturated rings. The molecule has 2 aromatic rings. The van der Waals surface area contributed by atoms with Crippen LogP contribution in [0.15, 0.2) is 42.5 Å². The fourth-order valence-corrected chi connectivity index (χ4v) is 2.82. The monoisotopic (exact) mass is 418 g/mol. The molecule has 0 aromatic heterocycles. The molecule has 0 bridgehead atoms. The molecule has 2 rings (SSSR count). The number of carbonyl (C=O) groups excluding carboxylic acids is 2. The Balaban J connectivity index is 2.04. The van der Waals surface area contributed by atoms with Crippen LogP contribution in [0.3, 0.4) is 0 Å². The van der Waals surface area contributed by atoms with Crippen LogP contribution in [-0.2, 0) is 9.53 Å². The zero-order valence-corrected chi connectivity index (χ0v) is 17.5. The van der Waals surface area contributed by atoms with E-state index in [-0.39, 0.29) is 5.78 Å². The average Bonchev–Trinajstić information content (AvgIpc) is 2.73. The summed E-state index contributed by atoms with van der Waals surface area (Å²) in [6, 6.07) is 9.91. The topological polar surface area (TPSA) is 71.1 Å². The maximum absolute atomic E-state index is 12.4. The highest BCUT2D eigenvalue weighted by atomic mass is 35.5. The van der Waals surface area contributed by atoms with E-state index in [1.807, 2.05) is 6.92 Å². The third-order valence-electron chi connectivity index (χ3n) is 3.99. The molecule has 0 radical (unpaired) electrons. The van der Waals surface area contributed by atoms with E-state index in [9.17, 15) is 9.59 Å². The van der Waals surface area contributed by atoms with E-state index in [1.165, 1.54) is 26.2 Å². The van der Waals surface area contributed by atoms with Crippen LogP contribution in [0.2, 0.25) is 5.02 Å². The molecular formula is C22H23ClO6. The van der Waals surface area contributed by atoms with Gasteiger partial charge in [0.05, 0.1) is 25.8 Å². The fraction of sp³-hybridized carbons (Fsp3) is 0.273.